The van der Waals surface area contributed by atoms with Crippen molar-refractivity contribution in [1.29, 1.82) is 0 Å². The van der Waals surface area contributed by atoms with E-state index in [9.17, 15) is 0 Å². The number of aryl methyl sites for hydroxylation is 1. The van der Waals surface area contributed by atoms with Crippen molar-refractivity contribution in [3.05, 3.63) is 11.9 Å². The van der Waals surface area contributed by atoms with Crippen LogP contribution in [0.25, 0.3) is 0 Å². The van der Waals surface area contributed by atoms with Gasteiger partial charge in [-0.3, -0.25) is 0 Å². The minimum atomic E-state index is 0.689. The van der Waals surface area contributed by atoms with Gasteiger partial charge < -0.3 is 9.88 Å². The highest BCUT2D eigenvalue weighted by molar-refractivity contribution is 7.99. The van der Waals surface area contributed by atoms with Crippen LogP contribution in [0.3, 0.4) is 0 Å². The van der Waals surface area contributed by atoms with Gasteiger partial charge in [-0.25, -0.2) is 4.98 Å². The second-order valence-electron chi connectivity index (χ2n) is 5.27. The number of imidazole rings is 1. The molecule has 2 fully saturated rings. The predicted molar refractivity (Wildman–Crippen MR) is 73.7 cm³/mol. The highest BCUT2D eigenvalue weighted by Crippen LogP contribution is 2.29. The fraction of sp³-hybridized carbons (Fsp3) is 0.769. The van der Waals surface area contributed by atoms with E-state index in [0.29, 0.717) is 6.04 Å². The lowest BCUT2D eigenvalue weighted by Crippen LogP contribution is -2.18. The van der Waals surface area contributed by atoms with Crippen LogP contribution in [-0.4, -0.2) is 26.6 Å². The average molecular weight is 251 g/mol. The lowest BCUT2D eigenvalue weighted by Gasteiger charge is -2.22. The number of aromatic nitrogens is 2. The zero-order valence-corrected chi connectivity index (χ0v) is 11.3. The molecule has 2 aliphatic rings. The van der Waals surface area contributed by atoms with Gasteiger partial charge in [0.2, 0.25) is 5.95 Å². The Hall–Kier alpha value is -0.640. The molecule has 4 heteroatoms. The summed E-state index contributed by atoms with van der Waals surface area (Å²) in [5, 5.41) is 4.33. The van der Waals surface area contributed by atoms with Crippen LogP contribution >= 0.6 is 11.8 Å². The lowest BCUT2D eigenvalue weighted by atomic mass is 10.2. The molecule has 3 rings (SSSR count). The van der Waals surface area contributed by atoms with Crippen molar-refractivity contribution in [2.45, 2.75) is 56.9 Å². The third kappa shape index (κ3) is 2.97. The Morgan fingerprint density at radius 1 is 1.41 bits per heavy atom. The molecule has 1 aliphatic carbocycles. The standard InChI is InChI=1S/C13H21N3S/c1-10-8-16(9-12-4-2-3-7-17-12)13(14-10)15-11-5-6-11/h8,11-12H,2-7,9H2,1H3,(H,14,15). The normalized spacial score (nSPS) is 24.9. The van der Waals surface area contributed by atoms with Crippen molar-refractivity contribution in [1.82, 2.24) is 9.55 Å². The summed E-state index contributed by atoms with van der Waals surface area (Å²) >= 11 is 2.13. The zero-order chi connectivity index (χ0) is 11.7. The van der Waals surface area contributed by atoms with Gasteiger partial charge in [0.25, 0.3) is 0 Å². The summed E-state index contributed by atoms with van der Waals surface area (Å²) < 4.78 is 2.33. The maximum Gasteiger partial charge on any atom is 0.203 e. The van der Waals surface area contributed by atoms with Crippen LogP contribution in [0.5, 0.6) is 0 Å². The smallest absolute Gasteiger partial charge is 0.203 e. The molecule has 1 saturated heterocycles. The van der Waals surface area contributed by atoms with E-state index in [-0.39, 0.29) is 0 Å². The van der Waals surface area contributed by atoms with E-state index >= 15 is 0 Å². The summed E-state index contributed by atoms with van der Waals surface area (Å²) in [4.78, 5) is 4.60. The molecule has 1 N–H and O–H groups in total. The molecule has 1 atom stereocenters. The van der Waals surface area contributed by atoms with Gasteiger partial charge in [0.1, 0.15) is 0 Å². The zero-order valence-electron chi connectivity index (χ0n) is 10.5. The van der Waals surface area contributed by atoms with Gasteiger partial charge in [0.05, 0.1) is 5.69 Å². The number of thioether (sulfide) groups is 1. The molecule has 3 nitrogen and oxygen atoms in total. The highest BCUT2D eigenvalue weighted by Gasteiger charge is 2.24. The minimum Gasteiger partial charge on any atom is -0.353 e. The van der Waals surface area contributed by atoms with Crippen LogP contribution in [0.1, 0.15) is 37.8 Å². The van der Waals surface area contributed by atoms with Crippen molar-refractivity contribution < 1.29 is 0 Å². The molecule has 2 heterocycles. The first-order chi connectivity index (χ1) is 8.31. The van der Waals surface area contributed by atoms with Crippen LogP contribution in [0.4, 0.5) is 5.95 Å². The van der Waals surface area contributed by atoms with Gasteiger partial charge in [-0.15, -0.1) is 0 Å². The van der Waals surface area contributed by atoms with Crippen molar-refractivity contribution in [2.24, 2.45) is 0 Å². The molecule has 1 aromatic heterocycles. The maximum atomic E-state index is 4.60. The first kappa shape index (κ1) is 11.5. The summed E-state index contributed by atoms with van der Waals surface area (Å²) in [6, 6.07) is 0.689. The van der Waals surface area contributed by atoms with Crippen molar-refractivity contribution >= 4 is 17.7 Å². The van der Waals surface area contributed by atoms with E-state index in [1.54, 1.807) is 0 Å². The third-order valence-corrected chi connectivity index (χ3v) is 4.86. The molecule has 0 radical (unpaired) electrons. The van der Waals surface area contributed by atoms with Crippen molar-refractivity contribution in [2.75, 3.05) is 11.1 Å². The first-order valence-electron chi connectivity index (χ1n) is 6.73. The average Bonchev–Trinajstić information content (AvgIpc) is 3.06. The maximum absolute atomic E-state index is 4.60. The molecule has 1 aromatic rings. The Bertz CT molecular complexity index is 378. The quantitative estimate of drug-likeness (QED) is 0.892. The van der Waals surface area contributed by atoms with E-state index in [2.05, 4.69) is 39.8 Å². The summed E-state index contributed by atoms with van der Waals surface area (Å²) in [5.74, 6) is 2.43. The van der Waals surface area contributed by atoms with Gasteiger partial charge >= 0.3 is 0 Å². The van der Waals surface area contributed by atoms with E-state index in [1.807, 2.05) is 0 Å². The third-order valence-electron chi connectivity index (χ3n) is 3.48. The lowest BCUT2D eigenvalue weighted by molar-refractivity contribution is 0.585. The number of nitrogens with one attached hydrogen (secondary N) is 1. The van der Waals surface area contributed by atoms with E-state index in [0.717, 1.165) is 23.4 Å². The SMILES string of the molecule is Cc1cn(CC2CCCCS2)c(NC2CC2)n1. The number of nitrogens with zero attached hydrogens (tertiary/aromatic N) is 2. The minimum absolute atomic E-state index is 0.689. The van der Waals surface area contributed by atoms with E-state index < -0.39 is 0 Å². The topological polar surface area (TPSA) is 29.9 Å². The molecule has 17 heavy (non-hydrogen) atoms. The van der Waals surface area contributed by atoms with Gasteiger partial charge in [0, 0.05) is 24.0 Å². The van der Waals surface area contributed by atoms with Gasteiger partial charge in [-0.2, -0.15) is 11.8 Å². The Morgan fingerprint density at radius 3 is 3.00 bits per heavy atom. The number of hydrogen-bond donors (Lipinski definition) is 1. The number of rotatable bonds is 4. The molecule has 1 unspecified atom stereocenters. The summed E-state index contributed by atoms with van der Waals surface area (Å²) in [6.07, 6.45) is 8.98. The fourth-order valence-corrected chi connectivity index (χ4v) is 3.69. The highest BCUT2D eigenvalue weighted by atomic mass is 32.2. The largest absolute Gasteiger partial charge is 0.353 e. The van der Waals surface area contributed by atoms with Crippen molar-refractivity contribution in [3.63, 3.8) is 0 Å². The monoisotopic (exact) mass is 251 g/mol. The Balaban J connectivity index is 1.67. The van der Waals surface area contributed by atoms with E-state index in [1.165, 1.54) is 37.9 Å². The fourth-order valence-electron chi connectivity index (χ4n) is 2.38. The summed E-state index contributed by atoms with van der Waals surface area (Å²) in [5.41, 5.74) is 1.13. The van der Waals surface area contributed by atoms with Crippen LogP contribution in [0.2, 0.25) is 0 Å². The predicted octanol–water partition coefficient (Wildman–Crippen LogP) is 3.05. The number of hydrogen-bond acceptors (Lipinski definition) is 3. The van der Waals surface area contributed by atoms with Crippen LogP contribution in [0, 0.1) is 6.92 Å². The van der Waals surface area contributed by atoms with E-state index in [4.69, 9.17) is 0 Å². The van der Waals surface area contributed by atoms with Crippen molar-refractivity contribution in [3.8, 4) is 0 Å². The molecule has 1 aliphatic heterocycles. The Morgan fingerprint density at radius 2 is 2.29 bits per heavy atom. The Labute approximate surface area is 107 Å². The van der Waals surface area contributed by atoms with Crippen LogP contribution < -0.4 is 5.32 Å². The second kappa shape index (κ2) is 4.92. The van der Waals surface area contributed by atoms with Gasteiger partial charge in [-0.05, 0) is 38.4 Å². The molecule has 0 aromatic carbocycles. The molecule has 1 saturated carbocycles. The summed E-state index contributed by atoms with van der Waals surface area (Å²) in [6.45, 7) is 3.21. The van der Waals surface area contributed by atoms with Crippen LogP contribution in [0.15, 0.2) is 6.20 Å². The molecule has 94 valence electrons. The molecule has 0 spiro atoms. The van der Waals surface area contributed by atoms with Gasteiger partial charge in [-0.1, -0.05) is 6.42 Å². The van der Waals surface area contributed by atoms with Gasteiger partial charge in [0.15, 0.2) is 0 Å². The summed E-state index contributed by atoms with van der Waals surface area (Å²) in [7, 11) is 0. The van der Waals surface area contributed by atoms with Crippen LogP contribution in [-0.2, 0) is 6.54 Å². The molecule has 0 amide bonds. The molecular weight excluding hydrogens is 230 g/mol. The number of anilines is 1. The second-order valence-corrected chi connectivity index (χ2v) is 6.67. The Kier molecular flexibility index (Phi) is 3.32. The first-order valence-corrected chi connectivity index (χ1v) is 7.78. The molecule has 0 bridgehead atoms. The molecular formula is C13H21N3S.